The number of nitrogens with two attached hydrogens (primary N) is 1. The molecule has 11 heteroatoms. The number of benzene rings is 4. The van der Waals surface area contributed by atoms with Gasteiger partial charge in [-0.15, -0.1) is 0 Å². The van der Waals surface area contributed by atoms with E-state index in [1.54, 1.807) is 17.0 Å². The summed E-state index contributed by atoms with van der Waals surface area (Å²) in [4.78, 5) is 29.2. The summed E-state index contributed by atoms with van der Waals surface area (Å²) in [5.74, 6) is 0.874. The first-order valence-corrected chi connectivity index (χ1v) is 24.0. The summed E-state index contributed by atoms with van der Waals surface area (Å²) in [7, 11) is -2.17. The molecule has 1 aliphatic carbocycles. The Kier molecular flexibility index (Phi) is 14.4. The number of aryl methyl sites for hydroxylation is 1. The molecule has 10 nitrogen and oxygen atoms in total. The maximum absolute atomic E-state index is 12.7. The fraction of sp³-hybridized carbons (Fsp3) is 0.417. The highest BCUT2D eigenvalue weighted by atomic mass is 28.4. The van der Waals surface area contributed by atoms with Crippen LogP contribution in [0.5, 0.6) is 11.5 Å². The Morgan fingerprint density at radius 2 is 1.63 bits per heavy atom. The normalized spacial score (nSPS) is 16.5. The number of hydrogen-bond donors (Lipinski definition) is 5. The van der Waals surface area contributed by atoms with Crippen LogP contribution in [0.15, 0.2) is 102 Å². The number of aromatic hydroxyl groups is 1. The third-order valence-corrected chi connectivity index (χ3v) is 16.7. The van der Waals surface area contributed by atoms with Crippen molar-refractivity contribution in [1.82, 2.24) is 10.3 Å². The van der Waals surface area contributed by atoms with Crippen LogP contribution in [-0.4, -0.2) is 61.4 Å². The molecule has 0 unspecified atom stereocenters. The minimum Gasteiger partial charge on any atom is -0.506 e. The minimum absolute atomic E-state index is 0.00517. The van der Waals surface area contributed by atoms with E-state index in [1.807, 2.05) is 48.5 Å². The number of amides is 1. The molecule has 0 radical (unpaired) electrons. The first kappa shape index (κ1) is 43.6. The summed E-state index contributed by atoms with van der Waals surface area (Å²) in [5, 5.41) is 25.4. The number of nitrogens with one attached hydrogen (secondary N) is 2. The van der Waals surface area contributed by atoms with E-state index in [2.05, 4.69) is 74.5 Å². The fourth-order valence-electron chi connectivity index (χ4n) is 7.74. The molecule has 0 spiro atoms. The number of aromatic nitrogens is 1. The average molecular weight is 819 g/mol. The third kappa shape index (κ3) is 11.2. The molecule has 1 aromatic heterocycles. The SMILES string of the molecule is CC(C)(C)[Si](C)(C)O[C@@H](CNCCc1ccc(OCCCCc2ccc(-c3ccccc3)c(N(C(=O)O)[C@H]3CC[C@H](N)CC3)c2)cc1)c1ccc(O)c2[nH]c(=O)ccc12. The first-order chi connectivity index (χ1) is 28.2. The molecule has 6 N–H and O–H groups in total. The van der Waals surface area contributed by atoms with Crippen molar-refractivity contribution in [3.05, 3.63) is 124 Å². The zero-order valence-corrected chi connectivity index (χ0v) is 36.3. The van der Waals surface area contributed by atoms with E-state index in [0.29, 0.717) is 18.7 Å². The molecule has 1 atom stereocenters. The number of H-pyrrole nitrogens is 1. The van der Waals surface area contributed by atoms with Crippen molar-refractivity contribution in [2.45, 2.75) is 108 Å². The van der Waals surface area contributed by atoms with Crippen LogP contribution in [0.3, 0.4) is 0 Å². The number of nitrogens with zero attached hydrogens (tertiary/aromatic N) is 1. The van der Waals surface area contributed by atoms with Gasteiger partial charge in [-0.3, -0.25) is 9.69 Å². The summed E-state index contributed by atoms with van der Waals surface area (Å²) in [6, 6.07) is 31.4. The number of pyridine rings is 1. The lowest BCUT2D eigenvalue weighted by Crippen LogP contribution is -2.44. The monoisotopic (exact) mass is 818 g/mol. The molecule has 6 rings (SSSR count). The average Bonchev–Trinajstić information content (AvgIpc) is 3.20. The molecule has 1 saturated carbocycles. The van der Waals surface area contributed by atoms with Gasteiger partial charge in [-0.25, -0.2) is 4.79 Å². The van der Waals surface area contributed by atoms with Crippen molar-refractivity contribution < 1.29 is 24.2 Å². The highest BCUT2D eigenvalue weighted by Gasteiger charge is 2.40. The van der Waals surface area contributed by atoms with Gasteiger partial charge in [0.1, 0.15) is 11.5 Å². The molecular weight excluding hydrogens is 757 g/mol. The Bertz CT molecular complexity index is 2210. The van der Waals surface area contributed by atoms with Crippen LogP contribution >= 0.6 is 0 Å². The van der Waals surface area contributed by atoms with Crippen molar-refractivity contribution in [1.29, 1.82) is 0 Å². The number of aromatic amines is 1. The van der Waals surface area contributed by atoms with Crippen LogP contribution in [0, 0.1) is 0 Å². The molecule has 1 fully saturated rings. The maximum atomic E-state index is 12.7. The first-order valence-electron chi connectivity index (χ1n) is 21.1. The van der Waals surface area contributed by atoms with Gasteiger partial charge in [-0.2, -0.15) is 0 Å². The van der Waals surface area contributed by atoms with E-state index in [1.165, 1.54) is 11.6 Å². The van der Waals surface area contributed by atoms with Crippen LogP contribution in [0.25, 0.3) is 22.0 Å². The second kappa shape index (κ2) is 19.4. The van der Waals surface area contributed by atoms with E-state index < -0.39 is 14.4 Å². The van der Waals surface area contributed by atoms with E-state index in [4.69, 9.17) is 14.9 Å². The van der Waals surface area contributed by atoms with Gasteiger partial charge >= 0.3 is 6.09 Å². The Balaban J connectivity index is 1.01. The van der Waals surface area contributed by atoms with Crippen molar-refractivity contribution in [2.75, 3.05) is 24.6 Å². The Morgan fingerprint density at radius 1 is 0.915 bits per heavy atom. The van der Waals surface area contributed by atoms with Crippen LogP contribution < -0.4 is 26.2 Å². The summed E-state index contributed by atoms with van der Waals surface area (Å²) < 4.78 is 13.1. The molecule has 5 aromatic rings. The Labute approximate surface area is 349 Å². The number of carbonyl (C=O) groups is 1. The van der Waals surface area contributed by atoms with Gasteiger partial charge in [0.05, 0.1) is 23.9 Å². The minimum atomic E-state index is -2.17. The fourth-order valence-corrected chi connectivity index (χ4v) is 9.01. The van der Waals surface area contributed by atoms with Crippen LogP contribution in [0.1, 0.15) is 82.1 Å². The summed E-state index contributed by atoms with van der Waals surface area (Å²) in [6.07, 6.45) is 5.44. The van der Waals surface area contributed by atoms with Gasteiger partial charge in [0.25, 0.3) is 0 Å². The lowest BCUT2D eigenvalue weighted by atomic mass is 9.89. The van der Waals surface area contributed by atoms with Gasteiger partial charge in [0, 0.05) is 35.6 Å². The van der Waals surface area contributed by atoms with E-state index in [9.17, 15) is 19.8 Å². The molecule has 59 heavy (non-hydrogen) atoms. The predicted molar refractivity (Wildman–Crippen MR) is 241 cm³/mol. The van der Waals surface area contributed by atoms with Crippen molar-refractivity contribution in [3.63, 3.8) is 0 Å². The number of hydrogen-bond acceptors (Lipinski definition) is 7. The van der Waals surface area contributed by atoms with Crippen molar-refractivity contribution >= 4 is 31.0 Å². The van der Waals surface area contributed by atoms with Gasteiger partial charge < -0.3 is 35.4 Å². The van der Waals surface area contributed by atoms with Crippen molar-refractivity contribution in [3.8, 4) is 22.6 Å². The molecule has 1 aliphatic rings. The number of rotatable bonds is 17. The van der Waals surface area contributed by atoms with Crippen LogP contribution in [0.2, 0.25) is 18.1 Å². The second-order valence-electron chi connectivity index (χ2n) is 17.5. The highest BCUT2D eigenvalue weighted by Crippen LogP contribution is 2.41. The summed E-state index contributed by atoms with van der Waals surface area (Å²) >= 11 is 0. The zero-order valence-electron chi connectivity index (χ0n) is 35.3. The molecule has 314 valence electrons. The summed E-state index contributed by atoms with van der Waals surface area (Å²) in [6.45, 7) is 13.1. The third-order valence-electron chi connectivity index (χ3n) is 12.2. The standard InChI is InChI=1S/C48H62N4O6Si/c1-48(2,3)59(4,5)58-44(40-24-26-43(53)46-41(40)25-27-45(54)51-46)32-50-29-28-33-14-21-38(22-15-33)57-30-10-9-11-34-16-23-39(35-12-7-6-8-13-35)42(31-34)52(47(55)56)37-19-17-36(49)18-20-37/h6-8,12-16,21-27,31,36-37,44,50,53H,9-11,17-20,28-30,32,49H2,1-5H3,(H,51,54)(H,55,56)/t36-,37-,44-/m0/s1. The molecule has 1 heterocycles. The Morgan fingerprint density at radius 3 is 2.32 bits per heavy atom. The largest absolute Gasteiger partial charge is 0.506 e. The van der Waals surface area contributed by atoms with Crippen LogP contribution in [-0.2, 0) is 17.3 Å². The highest BCUT2D eigenvalue weighted by molar-refractivity contribution is 6.74. The molecule has 0 saturated heterocycles. The van der Waals surface area contributed by atoms with E-state index in [-0.39, 0.29) is 34.5 Å². The van der Waals surface area contributed by atoms with Gasteiger partial charge in [-0.05, 0) is 129 Å². The molecule has 1 amide bonds. The number of carboxylic acid groups (broad SMARTS) is 1. The van der Waals surface area contributed by atoms with Gasteiger partial charge in [-0.1, -0.05) is 81.4 Å². The lowest BCUT2D eigenvalue weighted by molar-refractivity contribution is 0.182. The molecular formula is C48H62N4O6Si. The number of anilines is 1. The molecule has 0 bridgehead atoms. The topological polar surface area (TPSA) is 150 Å². The van der Waals surface area contributed by atoms with Gasteiger partial charge in [0.15, 0.2) is 8.32 Å². The molecule has 4 aromatic carbocycles. The number of unbranched alkanes of at least 4 members (excludes halogenated alkanes) is 1. The number of ether oxygens (including phenoxy) is 1. The zero-order chi connectivity index (χ0) is 42.2. The molecule has 0 aliphatic heterocycles. The smallest absolute Gasteiger partial charge is 0.412 e. The van der Waals surface area contributed by atoms with E-state index >= 15 is 0 Å². The van der Waals surface area contributed by atoms with Crippen LogP contribution in [0.4, 0.5) is 10.5 Å². The second-order valence-corrected chi connectivity index (χ2v) is 22.3. The van der Waals surface area contributed by atoms with Crippen molar-refractivity contribution in [2.24, 2.45) is 5.73 Å². The number of phenols is 1. The maximum Gasteiger partial charge on any atom is 0.412 e. The summed E-state index contributed by atoms with van der Waals surface area (Å²) in [5.41, 5.74) is 12.3. The Hall–Kier alpha value is -4.94. The quantitative estimate of drug-likeness (QED) is 0.0460. The van der Waals surface area contributed by atoms with Gasteiger partial charge in [0.2, 0.25) is 5.56 Å². The number of fused-ring (bicyclic) bond motifs is 1. The lowest BCUT2D eigenvalue weighted by Gasteiger charge is -2.39. The van der Waals surface area contributed by atoms with E-state index in [0.717, 1.165) is 97.0 Å². The predicted octanol–water partition coefficient (Wildman–Crippen LogP) is 9.95. The number of phenolic OH excluding ortho intramolecular Hbond substituents is 1.